The molecule has 0 bridgehead atoms. The summed E-state index contributed by atoms with van der Waals surface area (Å²) >= 11 is 0. The number of aliphatic carboxylic acids is 1. The Hall–Kier alpha value is -3.39. The second-order valence-electron chi connectivity index (χ2n) is 8.04. The molecule has 31 heavy (non-hydrogen) atoms. The second-order valence-corrected chi connectivity index (χ2v) is 8.04. The van der Waals surface area contributed by atoms with Gasteiger partial charge in [0.25, 0.3) is 0 Å². The minimum absolute atomic E-state index is 0.00439. The summed E-state index contributed by atoms with van der Waals surface area (Å²) in [5.41, 5.74) is 12.8. The average molecular weight is 427 g/mol. The molecule has 0 aliphatic rings. The molecule has 0 unspecified atom stereocenters. The van der Waals surface area contributed by atoms with E-state index in [0.717, 1.165) is 17.4 Å². The third-order valence-electron chi connectivity index (χ3n) is 4.71. The van der Waals surface area contributed by atoms with Crippen LogP contribution in [0.1, 0.15) is 31.4 Å². The standard InChI is InChI=1S/C23H30N4O4/c1-23(2,15-28)10-11-26-20(21(29)30)13-16-6-8-19(9-7-16)31-14-17-4-3-5-18(12-17)27-22(24)25/h3-9,12,15,20,26H,10-11,13-14H2,1-2H3,(H,29,30)(H4,24,25,27)/t20-/m0/s1. The van der Waals surface area contributed by atoms with Crippen molar-refractivity contribution in [1.29, 1.82) is 0 Å². The molecule has 0 radical (unpaired) electrons. The molecule has 2 aromatic rings. The van der Waals surface area contributed by atoms with Crippen LogP contribution in [0.3, 0.4) is 0 Å². The normalized spacial score (nSPS) is 12.1. The van der Waals surface area contributed by atoms with Crippen molar-refractivity contribution in [2.75, 3.05) is 6.54 Å². The van der Waals surface area contributed by atoms with Gasteiger partial charge < -0.3 is 31.4 Å². The lowest BCUT2D eigenvalue weighted by atomic mass is 9.91. The van der Waals surface area contributed by atoms with E-state index in [1.165, 1.54) is 0 Å². The smallest absolute Gasteiger partial charge is 0.321 e. The molecule has 0 amide bonds. The number of aliphatic imine (C=N–C) groups is 1. The lowest BCUT2D eigenvalue weighted by Gasteiger charge is -2.20. The number of rotatable bonds is 12. The highest BCUT2D eigenvalue weighted by Gasteiger charge is 2.20. The highest BCUT2D eigenvalue weighted by molar-refractivity contribution is 5.79. The summed E-state index contributed by atoms with van der Waals surface area (Å²) in [6.45, 7) is 4.45. The van der Waals surface area contributed by atoms with Crippen molar-refractivity contribution < 1.29 is 19.4 Å². The number of carbonyl (C=O) groups excluding carboxylic acids is 1. The third-order valence-corrected chi connectivity index (χ3v) is 4.71. The molecule has 8 heteroatoms. The predicted molar refractivity (Wildman–Crippen MR) is 120 cm³/mol. The first-order chi connectivity index (χ1) is 14.7. The molecule has 0 fully saturated rings. The van der Waals surface area contributed by atoms with E-state index in [2.05, 4.69) is 10.3 Å². The Morgan fingerprint density at radius 3 is 2.52 bits per heavy atom. The van der Waals surface area contributed by atoms with Gasteiger partial charge in [0.2, 0.25) is 0 Å². The van der Waals surface area contributed by atoms with Crippen molar-refractivity contribution in [1.82, 2.24) is 5.32 Å². The molecule has 0 spiro atoms. The molecule has 1 atom stereocenters. The number of carbonyl (C=O) groups is 2. The van der Waals surface area contributed by atoms with Gasteiger partial charge in [0.05, 0.1) is 5.69 Å². The summed E-state index contributed by atoms with van der Waals surface area (Å²) in [7, 11) is 0. The number of nitrogens with zero attached hydrogens (tertiary/aromatic N) is 1. The summed E-state index contributed by atoms with van der Waals surface area (Å²) in [5.74, 6) is -0.260. The largest absolute Gasteiger partial charge is 0.489 e. The molecule has 166 valence electrons. The highest BCUT2D eigenvalue weighted by atomic mass is 16.5. The van der Waals surface area contributed by atoms with Crippen molar-refractivity contribution >= 4 is 23.9 Å². The summed E-state index contributed by atoms with van der Waals surface area (Å²) in [4.78, 5) is 26.6. The van der Waals surface area contributed by atoms with Crippen molar-refractivity contribution in [3.63, 3.8) is 0 Å². The summed E-state index contributed by atoms with van der Waals surface area (Å²) < 4.78 is 5.80. The van der Waals surface area contributed by atoms with E-state index >= 15 is 0 Å². The number of nitrogens with one attached hydrogen (secondary N) is 1. The summed E-state index contributed by atoms with van der Waals surface area (Å²) in [6, 6.07) is 14.0. The number of carboxylic acids is 1. The van der Waals surface area contributed by atoms with Gasteiger partial charge in [-0.2, -0.15) is 0 Å². The van der Waals surface area contributed by atoms with Crippen molar-refractivity contribution in [3.8, 4) is 5.75 Å². The van der Waals surface area contributed by atoms with Gasteiger partial charge in [-0.05, 0) is 54.8 Å². The van der Waals surface area contributed by atoms with E-state index in [0.29, 0.717) is 37.4 Å². The first-order valence-electron chi connectivity index (χ1n) is 10.0. The van der Waals surface area contributed by atoms with E-state index in [1.54, 1.807) is 6.07 Å². The number of guanidine groups is 1. The topological polar surface area (TPSA) is 140 Å². The first kappa shape index (κ1) is 23.9. The predicted octanol–water partition coefficient (Wildman–Crippen LogP) is 2.37. The molecule has 0 aromatic heterocycles. The molecule has 0 saturated heterocycles. The molecule has 2 aromatic carbocycles. The van der Waals surface area contributed by atoms with Gasteiger partial charge in [-0.25, -0.2) is 4.99 Å². The Morgan fingerprint density at radius 1 is 1.19 bits per heavy atom. The zero-order valence-electron chi connectivity index (χ0n) is 17.9. The van der Waals surface area contributed by atoms with Gasteiger partial charge in [-0.3, -0.25) is 4.79 Å². The minimum atomic E-state index is -0.926. The van der Waals surface area contributed by atoms with E-state index in [1.807, 2.05) is 56.3 Å². The van der Waals surface area contributed by atoms with Gasteiger partial charge in [0.1, 0.15) is 24.7 Å². The van der Waals surface area contributed by atoms with Crippen LogP contribution in [-0.2, 0) is 22.6 Å². The number of nitrogens with two attached hydrogens (primary N) is 2. The summed E-state index contributed by atoms with van der Waals surface area (Å²) in [6.07, 6.45) is 1.79. The minimum Gasteiger partial charge on any atom is -0.489 e. The number of ether oxygens (including phenoxy) is 1. The molecule has 0 aliphatic heterocycles. The fourth-order valence-corrected chi connectivity index (χ4v) is 2.86. The molecule has 0 aliphatic carbocycles. The molecular formula is C23H30N4O4. The highest BCUT2D eigenvalue weighted by Crippen LogP contribution is 2.19. The monoisotopic (exact) mass is 426 g/mol. The van der Waals surface area contributed by atoms with Crippen LogP contribution in [0.15, 0.2) is 53.5 Å². The Labute approximate surface area is 182 Å². The Morgan fingerprint density at radius 2 is 1.90 bits per heavy atom. The van der Waals surface area contributed by atoms with Crippen LogP contribution in [0, 0.1) is 5.41 Å². The maximum Gasteiger partial charge on any atom is 0.321 e. The molecule has 8 nitrogen and oxygen atoms in total. The maximum atomic E-state index is 11.6. The number of hydrogen-bond acceptors (Lipinski definition) is 5. The van der Waals surface area contributed by atoms with Gasteiger partial charge >= 0.3 is 5.97 Å². The van der Waals surface area contributed by atoms with E-state index in [-0.39, 0.29) is 5.96 Å². The Kier molecular flexibility index (Phi) is 8.57. The van der Waals surface area contributed by atoms with Crippen LogP contribution in [0.25, 0.3) is 0 Å². The van der Waals surface area contributed by atoms with Crippen LogP contribution in [0.2, 0.25) is 0 Å². The fourth-order valence-electron chi connectivity index (χ4n) is 2.86. The average Bonchev–Trinajstić information content (AvgIpc) is 2.72. The quantitative estimate of drug-likeness (QED) is 0.232. The maximum absolute atomic E-state index is 11.6. The van der Waals surface area contributed by atoms with Crippen molar-refractivity contribution in [2.45, 2.75) is 39.3 Å². The van der Waals surface area contributed by atoms with E-state index in [4.69, 9.17) is 16.2 Å². The lowest BCUT2D eigenvalue weighted by Crippen LogP contribution is -2.40. The van der Waals surface area contributed by atoms with Gasteiger partial charge in [0.15, 0.2) is 5.96 Å². The van der Waals surface area contributed by atoms with Crippen molar-refractivity contribution in [2.24, 2.45) is 21.9 Å². The Balaban J connectivity index is 1.91. The third kappa shape index (κ3) is 8.47. The zero-order valence-corrected chi connectivity index (χ0v) is 17.9. The van der Waals surface area contributed by atoms with E-state index < -0.39 is 17.4 Å². The van der Waals surface area contributed by atoms with Crippen LogP contribution in [0.5, 0.6) is 5.75 Å². The number of hydrogen-bond donors (Lipinski definition) is 4. The number of carboxylic acid groups (broad SMARTS) is 1. The zero-order chi connectivity index (χ0) is 22.9. The SMILES string of the molecule is CC(C)(C=O)CCN[C@@H](Cc1ccc(OCc2cccc(N=C(N)N)c2)cc1)C(=O)O. The van der Waals surface area contributed by atoms with Crippen LogP contribution >= 0.6 is 0 Å². The van der Waals surface area contributed by atoms with Gasteiger partial charge in [0, 0.05) is 5.41 Å². The lowest BCUT2D eigenvalue weighted by molar-refractivity contribution is -0.139. The van der Waals surface area contributed by atoms with E-state index in [9.17, 15) is 14.7 Å². The number of benzene rings is 2. The first-order valence-corrected chi connectivity index (χ1v) is 10.0. The molecule has 2 rings (SSSR count). The molecular weight excluding hydrogens is 396 g/mol. The van der Waals surface area contributed by atoms with Gasteiger partial charge in [-0.15, -0.1) is 0 Å². The number of aldehydes is 1. The molecule has 0 heterocycles. The van der Waals surface area contributed by atoms with Crippen molar-refractivity contribution in [3.05, 3.63) is 59.7 Å². The summed E-state index contributed by atoms with van der Waals surface area (Å²) in [5, 5.41) is 12.5. The van der Waals surface area contributed by atoms with Crippen LogP contribution < -0.4 is 21.5 Å². The fraction of sp³-hybridized carbons (Fsp3) is 0.348. The van der Waals surface area contributed by atoms with Gasteiger partial charge in [-0.1, -0.05) is 38.1 Å². The molecule has 6 N–H and O–H groups in total. The van der Waals surface area contributed by atoms with Crippen LogP contribution in [-0.4, -0.2) is 35.9 Å². The van der Waals surface area contributed by atoms with Crippen LogP contribution in [0.4, 0.5) is 5.69 Å². The Bertz CT molecular complexity index is 906. The second kappa shape index (κ2) is 11.1. The molecule has 0 saturated carbocycles.